The van der Waals surface area contributed by atoms with Gasteiger partial charge < -0.3 is 10.6 Å². The van der Waals surface area contributed by atoms with Gasteiger partial charge >= 0.3 is 6.03 Å². The van der Waals surface area contributed by atoms with E-state index in [2.05, 4.69) is 15.7 Å². The van der Waals surface area contributed by atoms with Crippen molar-refractivity contribution in [3.8, 4) is 0 Å². The molecule has 0 radical (unpaired) electrons. The number of carbonyl (C=O) groups excluding carboxylic acids is 1. The van der Waals surface area contributed by atoms with E-state index < -0.39 is 0 Å². The van der Waals surface area contributed by atoms with Crippen molar-refractivity contribution in [1.29, 1.82) is 0 Å². The number of fused-ring (bicyclic) bond motifs is 1. The van der Waals surface area contributed by atoms with E-state index in [1.807, 2.05) is 54.6 Å². The summed E-state index contributed by atoms with van der Waals surface area (Å²) >= 11 is 0. The molecule has 2 aromatic carbocycles. The molecule has 0 saturated heterocycles. The Morgan fingerprint density at radius 1 is 0.929 bits per heavy atom. The maximum absolute atomic E-state index is 12.9. The highest BCUT2D eigenvalue weighted by molar-refractivity contribution is 5.84. The van der Waals surface area contributed by atoms with Gasteiger partial charge in [-0.3, -0.25) is 4.79 Å². The van der Waals surface area contributed by atoms with E-state index in [4.69, 9.17) is 0 Å². The summed E-state index contributed by atoms with van der Waals surface area (Å²) in [5.74, 6) is 0. The van der Waals surface area contributed by atoms with Gasteiger partial charge in [0.1, 0.15) is 0 Å². The average Bonchev–Trinajstić information content (AvgIpc) is 3.27. The van der Waals surface area contributed by atoms with Crippen LogP contribution in [0.1, 0.15) is 43.0 Å². The third kappa shape index (κ3) is 3.91. The molecule has 28 heavy (non-hydrogen) atoms. The number of nitrogens with one attached hydrogen (secondary N) is 2. The van der Waals surface area contributed by atoms with E-state index >= 15 is 0 Å². The van der Waals surface area contributed by atoms with E-state index in [0.29, 0.717) is 11.9 Å². The van der Waals surface area contributed by atoms with Crippen LogP contribution in [0, 0.1) is 0 Å². The van der Waals surface area contributed by atoms with Crippen molar-refractivity contribution in [3.05, 3.63) is 76.2 Å². The molecule has 6 heteroatoms. The second kappa shape index (κ2) is 8.25. The van der Waals surface area contributed by atoms with Gasteiger partial charge in [0.25, 0.3) is 5.56 Å². The third-order valence-electron chi connectivity index (χ3n) is 5.29. The number of hydrogen-bond donors (Lipinski definition) is 2. The highest BCUT2D eigenvalue weighted by Crippen LogP contribution is 2.28. The van der Waals surface area contributed by atoms with Gasteiger partial charge in [0, 0.05) is 11.9 Å². The van der Waals surface area contributed by atoms with E-state index in [0.717, 1.165) is 42.3 Å². The Bertz CT molecular complexity index is 1020. The normalized spacial score (nSPS) is 14.3. The minimum atomic E-state index is -0.256. The summed E-state index contributed by atoms with van der Waals surface area (Å²) < 4.78 is 1.63. The molecule has 6 nitrogen and oxygen atoms in total. The third-order valence-corrected chi connectivity index (χ3v) is 5.29. The number of rotatable bonds is 5. The minimum Gasteiger partial charge on any atom is -0.334 e. The van der Waals surface area contributed by atoms with Crippen molar-refractivity contribution in [1.82, 2.24) is 20.4 Å². The Labute approximate surface area is 163 Å². The molecule has 2 N–H and O–H groups in total. The molecule has 4 rings (SSSR count). The summed E-state index contributed by atoms with van der Waals surface area (Å²) in [6, 6.07) is 17.1. The van der Waals surface area contributed by atoms with Gasteiger partial charge in [-0.1, -0.05) is 61.4 Å². The van der Waals surface area contributed by atoms with Crippen LogP contribution in [0.15, 0.2) is 59.4 Å². The molecular weight excluding hydrogens is 352 g/mol. The Balaban J connectivity index is 1.52. The Hall–Kier alpha value is -3.15. The van der Waals surface area contributed by atoms with Gasteiger partial charge in [-0.05, 0) is 24.5 Å². The molecule has 1 aliphatic carbocycles. The molecule has 0 spiro atoms. The lowest BCUT2D eigenvalue weighted by molar-refractivity contribution is 0.240. The van der Waals surface area contributed by atoms with Gasteiger partial charge in [-0.25, -0.2) is 9.48 Å². The predicted octanol–water partition coefficient (Wildman–Crippen LogP) is 3.51. The smallest absolute Gasteiger partial charge is 0.315 e. The largest absolute Gasteiger partial charge is 0.334 e. The van der Waals surface area contributed by atoms with Crippen molar-refractivity contribution in [2.75, 3.05) is 0 Å². The summed E-state index contributed by atoms with van der Waals surface area (Å²) in [6.07, 6.45) is 4.22. The van der Waals surface area contributed by atoms with Gasteiger partial charge in [0.2, 0.25) is 0 Å². The highest BCUT2D eigenvalue weighted by Gasteiger charge is 2.21. The summed E-state index contributed by atoms with van der Waals surface area (Å²) in [4.78, 5) is 25.1. The van der Waals surface area contributed by atoms with Crippen molar-refractivity contribution in [2.24, 2.45) is 0 Å². The fourth-order valence-electron chi connectivity index (χ4n) is 3.81. The second-order valence-electron chi connectivity index (χ2n) is 7.20. The fourth-order valence-corrected chi connectivity index (χ4v) is 3.81. The van der Waals surface area contributed by atoms with Crippen LogP contribution in [0.3, 0.4) is 0 Å². The van der Waals surface area contributed by atoms with Crippen LogP contribution >= 0.6 is 0 Å². The monoisotopic (exact) mass is 376 g/mol. The standard InChI is InChI=1S/C22H24N4O2/c27-21-19-13-7-6-12-18(19)20(25-26(21)17-10-4-5-11-17)15-24-22(28)23-14-16-8-2-1-3-9-16/h1-3,6-9,12-13,17H,4-5,10-11,14-15H2,(H2,23,24,28). The van der Waals surface area contributed by atoms with Crippen LogP contribution in [0.4, 0.5) is 4.79 Å². The Morgan fingerprint density at radius 2 is 1.57 bits per heavy atom. The second-order valence-corrected chi connectivity index (χ2v) is 7.20. The minimum absolute atomic E-state index is 0.0419. The molecule has 3 aromatic rings. The van der Waals surface area contributed by atoms with Gasteiger partial charge in [0.05, 0.1) is 23.7 Å². The topological polar surface area (TPSA) is 76.0 Å². The number of aromatic nitrogens is 2. The molecule has 1 fully saturated rings. The van der Waals surface area contributed by atoms with Gasteiger partial charge in [-0.15, -0.1) is 0 Å². The number of carbonyl (C=O) groups is 1. The van der Waals surface area contributed by atoms with E-state index in [1.54, 1.807) is 4.68 Å². The summed E-state index contributed by atoms with van der Waals surface area (Å²) in [7, 11) is 0. The zero-order valence-corrected chi connectivity index (χ0v) is 15.7. The maximum atomic E-state index is 12.9. The summed E-state index contributed by atoms with van der Waals surface area (Å²) in [5.41, 5.74) is 1.72. The number of urea groups is 1. The lowest BCUT2D eigenvalue weighted by atomic mass is 10.1. The van der Waals surface area contributed by atoms with E-state index in [-0.39, 0.29) is 24.2 Å². The number of amides is 2. The number of hydrogen-bond acceptors (Lipinski definition) is 3. The quantitative estimate of drug-likeness (QED) is 0.715. The molecular formula is C22H24N4O2. The van der Waals surface area contributed by atoms with Crippen molar-refractivity contribution in [3.63, 3.8) is 0 Å². The van der Waals surface area contributed by atoms with Gasteiger partial charge in [0.15, 0.2) is 0 Å². The molecule has 0 atom stereocenters. The van der Waals surface area contributed by atoms with Crippen LogP contribution in [0.25, 0.3) is 10.8 Å². The molecule has 0 unspecified atom stereocenters. The van der Waals surface area contributed by atoms with Crippen LogP contribution in [-0.4, -0.2) is 15.8 Å². The van der Waals surface area contributed by atoms with Crippen molar-refractivity contribution in [2.45, 2.75) is 44.8 Å². The Kier molecular flexibility index (Phi) is 5.37. The van der Waals surface area contributed by atoms with Gasteiger partial charge in [-0.2, -0.15) is 5.10 Å². The lowest BCUT2D eigenvalue weighted by Gasteiger charge is -2.16. The van der Waals surface area contributed by atoms with E-state index in [1.165, 1.54) is 0 Å². The molecule has 1 aromatic heterocycles. The van der Waals surface area contributed by atoms with Crippen LogP contribution in [0.5, 0.6) is 0 Å². The molecule has 1 saturated carbocycles. The summed E-state index contributed by atoms with van der Waals surface area (Å²) in [5, 5.41) is 11.8. The first-order chi connectivity index (χ1) is 13.7. The lowest BCUT2D eigenvalue weighted by Crippen LogP contribution is -2.36. The van der Waals surface area contributed by atoms with E-state index in [9.17, 15) is 9.59 Å². The highest BCUT2D eigenvalue weighted by atomic mass is 16.2. The molecule has 1 aliphatic rings. The first kappa shape index (κ1) is 18.2. The van der Waals surface area contributed by atoms with Crippen molar-refractivity contribution >= 4 is 16.8 Å². The van der Waals surface area contributed by atoms with Crippen LogP contribution in [0.2, 0.25) is 0 Å². The SMILES string of the molecule is O=C(NCc1ccccc1)NCc1nn(C2CCCC2)c(=O)c2ccccc12. The first-order valence-electron chi connectivity index (χ1n) is 9.78. The molecule has 1 heterocycles. The molecule has 144 valence electrons. The number of benzene rings is 2. The number of nitrogens with zero attached hydrogens (tertiary/aromatic N) is 2. The Morgan fingerprint density at radius 3 is 2.32 bits per heavy atom. The zero-order chi connectivity index (χ0) is 19.3. The molecule has 2 amide bonds. The zero-order valence-electron chi connectivity index (χ0n) is 15.7. The fraction of sp³-hybridized carbons (Fsp3) is 0.318. The maximum Gasteiger partial charge on any atom is 0.315 e. The summed E-state index contributed by atoms with van der Waals surface area (Å²) in [6.45, 7) is 0.733. The van der Waals surface area contributed by atoms with Crippen molar-refractivity contribution < 1.29 is 4.79 Å². The predicted molar refractivity (Wildman–Crippen MR) is 109 cm³/mol. The first-order valence-corrected chi connectivity index (χ1v) is 9.78. The van der Waals surface area contributed by atoms with Crippen LogP contribution in [-0.2, 0) is 13.1 Å². The van der Waals surface area contributed by atoms with Crippen LogP contribution < -0.4 is 16.2 Å². The average molecular weight is 376 g/mol. The molecule has 0 aliphatic heterocycles. The molecule has 0 bridgehead atoms.